The largest absolute Gasteiger partial charge is 0.229 e. The molecule has 0 aliphatic rings. The number of hydrogen-bond acceptors (Lipinski definition) is 4. The zero-order valence-corrected chi connectivity index (χ0v) is 21.6. The van der Waals surface area contributed by atoms with E-state index in [2.05, 4.69) is 13.8 Å². The summed E-state index contributed by atoms with van der Waals surface area (Å²) in [7, 11) is -6.06. The van der Waals surface area contributed by atoms with Gasteiger partial charge >= 0.3 is 0 Å². The van der Waals surface area contributed by atoms with Gasteiger partial charge in [-0.25, -0.2) is 16.8 Å². The molecule has 0 aromatic rings. The molecule has 0 heterocycles. The Hall–Kier alpha value is -0.100. The van der Waals surface area contributed by atoms with Gasteiger partial charge in [-0.05, 0) is 25.7 Å². The Morgan fingerprint density at radius 3 is 0.800 bits per heavy atom. The summed E-state index contributed by atoms with van der Waals surface area (Å²) in [6.45, 7) is 4.41. The maximum absolute atomic E-state index is 12.1. The molecule has 0 aliphatic carbocycles. The smallest absolute Gasteiger partial charge is 0.150 e. The summed E-state index contributed by atoms with van der Waals surface area (Å²) in [5.74, 6) is 0.785. The minimum Gasteiger partial charge on any atom is -0.229 e. The van der Waals surface area contributed by atoms with Crippen LogP contribution in [0.4, 0.5) is 0 Å². The first-order valence-electron chi connectivity index (χ1n) is 12.7. The molecule has 0 unspecified atom stereocenters. The molecule has 0 rings (SSSR count). The third-order valence-corrected chi connectivity index (χ3v) is 9.42. The monoisotopic (exact) mass is 466 g/mol. The van der Waals surface area contributed by atoms with E-state index in [1.165, 1.54) is 64.2 Å². The molecule has 0 amide bonds. The topological polar surface area (TPSA) is 68.3 Å². The van der Waals surface area contributed by atoms with Crippen LogP contribution in [0.15, 0.2) is 0 Å². The Kier molecular flexibility index (Phi) is 19.5. The highest BCUT2D eigenvalue weighted by Crippen LogP contribution is 2.12. The number of hydrogen-bond donors (Lipinski definition) is 0. The fourth-order valence-corrected chi connectivity index (χ4v) is 6.74. The van der Waals surface area contributed by atoms with Crippen LogP contribution in [0.3, 0.4) is 0 Å². The molecule has 0 atom stereocenters. The van der Waals surface area contributed by atoms with Crippen LogP contribution < -0.4 is 0 Å². The molecule has 0 aromatic heterocycles. The molecule has 0 saturated carbocycles. The second kappa shape index (κ2) is 19.6. The van der Waals surface area contributed by atoms with Crippen molar-refractivity contribution in [1.29, 1.82) is 0 Å². The summed E-state index contributed by atoms with van der Waals surface area (Å²) in [5.41, 5.74) is 0. The van der Waals surface area contributed by atoms with Crippen molar-refractivity contribution in [3.8, 4) is 0 Å². The molecular formula is C24H50O4S2. The lowest BCUT2D eigenvalue weighted by atomic mass is 10.1. The van der Waals surface area contributed by atoms with Crippen LogP contribution in [0.1, 0.15) is 129 Å². The van der Waals surface area contributed by atoms with E-state index in [1.807, 2.05) is 0 Å². The minimum atomic E-state index is -3.03. The lowest BCUT2D eigenvalue weighted by Crippen LogP contribution is -2.15. The normalized spacial score (nSPS) is 12.5. The van der Waals surface area contributed by atoms with Gasteiger partial charge in [-0.15, -0.1) is 0 Å². The molecule has 4 nitrogen and oxygen atoms in total. The second-order valence-corrected chi connectivity index (χ2v) is 13.6. The van der Waals surface area contributed by atoms with E-state index >= 15 is 0 Å². The average molecular weight is 467 g/mol. The van der Waals surface area contributed by atoms with Crippen molar-refractivity contribution in [2.75, 3.05) is 23.0 Å². The van der Waals surface area contributed by atoms with Crippen LogP contribution >= 0.6 is 0 Å². The van der Waals surface area contributed by atoms with Crippen LogP contribution in [0, 0.1) is 0 Å². The minimum absolute atomic E-state index is 0.136. The summed E-state index contributed by atoms with van der Waals surface area (Å²) in [6.07, 6.45) is 19.2. The molecule has 0 fully saturated rings. The molecule has 182 valence electrons. The van der Waals surface area contributed by atoms with Crippen molar-refractivity contribution in [2.24, 2.45) is 0 Å². The van der Waals surface area contributed by atoms with Crippen molar-refractivity contribution >= 4 is 19.7 Å². The highest BCUT2D eigenvalue weighted by atomic mass is 32.2. The third-order valence-electron chi connectivity index (χ3n) is 5.78. The van der Waals surface area contributed by atoms with Crippen molar-refractivity contribution < 1.29 is 16.8 Å². The fraction of sp³-hybridized carbons (Fsp3) is 1.00. The van der Waals surface area contributed by atoms with E-state index in [-0.39, 0.29) is 23.0 Å². The number of unbranched alkanes of at least 4 members (excludes halogenated alkanes) is 15. The predicted molar refractivity (Wildman–Crippen MR) is 132 cm³/mol. The summed E-state index contributed by atoms with van der Waals surface area (Å²) >= 11 is 0. The van der Waals surface area contributed by atoms with Crippen LogP contribution in [-0.2, 0) is 19.7 Å². The van der Waals surface area contributed by atoms with Gasteiger partial charge in [0.15, 0.2) is 0 Å². The summed E-state index contributed by atoms with van der Waals surface area (Å²) in [5, 5.41) is 0. The van der Waals surface area contributed by atoms with Gasteiger partial charge in [0.1, 0.15) is 19.7 Å². The first-order valence-corrected chi connectivity index (χ1v) is 16.4. The summed E-state index contributed by atoms with van der Waals surface area (Å²) in [6, 6.07) is 0. The molecule has 30 heavy (non-hydrogen) atoms. The van der Waals surface area contributed by atoms with Crippen LogP contribution in [0.25, 0.3) is 0 Å². The van der Waals surface area contributed by atoms with Gasteiger partial charge in [0.2, 0.25) is 0 Å². The first-order chi connectivity index (χ1) is 14.3. The van der Waals surface area contributed by atoms with Gasteiger partial charge in [0.05, 0.1) is 23.0 Å². The van der Waals surface area contributed by atoms with Crippen molar-refractivity contribution in [1.82, 2.24) is 0 Å². The van der Waals surface area contributed by atoms with E-state index in [0.717, 1.165) is 38.5 Å². The predicted octanol–water partition coefficient (Wildman–Crippen LogP) is 6.88. The molecule has 0 spiro atoms. The maximum Gasteiger partial charge on any atom is 0.150 e. The Morgan fingerprint density at radius 1 is 0.333 bits per heavy atom. The van der Waals surface area contributed by atoms with Gasteiger partial charge in [-0.2, -0.15) is 0 Å². The van der Waals surface area contributed by atoms with Crippen molar-refractivity contribution in [2.45, 2.75) is 129 Å². The molecular weight excluding hydrogens is 416 g/mol. The van der Waals surface area contributed by atoms with Gasteiger partial charge in [-0.1, -0.05) is 104 Å². The van der Waals surface area contributed by atoms with Crippen molar-refractivity contribution in [3.05, 3.63) is 0 Å². The Morgan fingerprint density at radius 2 is 0.533 bits per heavy atom. The Labute approximate surface area is 188 Å². The van der Waals surface area contributed by atoms with E-state index < -0.39 is 19.7 Å². The summed E-state index contributed by atoms with van der Waals surface area (Å²) < 4.78 is 48.5. The van der Waals surface area contributed by atoms with E-state index in [9.17, 15) is 16.8 Å². The van der Waals surface area contributed by atoms with Crippen molar-refractivity contribution in [3.63, 3.8) is 0 Å². The lowest BCUT2D eigenvalue weighted by molar-refractivity contribution is 0.567. The molecule has 0 N–H and O–H groups in total. The molecule has 0 aliphatic heterocycles. The highest BCUT2D eigenvalue weighted by Gasteiger charge is 2.13. The molecule has 0 saturated heterocycles. The summed E-state index contributed by atoms with van der Waals surface area (Å²) in [4.78, 5) is 0. The molecule has 0 bridgehead atoms. The zero-order valence-electron chi connectivity index (χ0n) is 20.0. The van der Waals surface area contributed by atoms with E-state index in [0.29, 0.717) is 12.8 Å². The average Bonchev–Trinajstić information content (AvgIpc) is 2.69. The van der Waals surface area contributed by atoms with Gasteiger partial charge in [0, 0.05) is 0 Å². The maximum atomic E-state index is 12.1. The van der Waals surface area contributed by atoms with Gasteiger partial charge < -0.3 is 0 Å². The third kappa shape index (κ3) is 21.1. The molecule has 0 radical (unpaired) electrons. The Bertz CT molecular complexity index is 516. The Balaban J connectivity index is 3.67. The number of sulfone groups is 2. The lowest BCUT2D eigenvalue weighted by Gasteiger charge is -2.06. The molecule has 0 aromatic carbocycles. The second-order valence-electron chi connectivity index (χ2n) is 8.96. The first kappa shape index (κ1) is 29.9. The van der Waals surface area contributed by atoms with E-state index in [4.69, 9.17) is 0 Å². The highest BCUT2D eigenvalue weighted by molar-refractivity contribution is 7.91. The quantitative estimate of drug-likeness (QED) is 0.154. The fourth-order valence-electron chi connectivity index (χ4n) is 3.76. The number of rotatable bonds is 23. The zero-order chi connectivity index (χ0) is 22.6. The van der Waals surface area contributed by atoms with Crippen LogP contribution in [0.2, 0.25) is 0 Å². The SMILES string of the molecule is CCCCCCCCCCS(=O)(=O)CCCCS(=O)(=O)CCCCCCCCCC. The van der Waals surface area contributed by atoms with Gasteiger partial charge in [0.25, 0.3) is 0 Å². The standard InChI is InChI=1S/C24H50O4S2/c1-3-5-7-9-11-13-15-17-21-29(25,26)23-19-20-24-30(27,28)22-18-16-14-12-10-8-6-4-2/h3-24H2,1-2H3. The van der Waals surface area contributed by atoms with Gasteiger partial charge in [-0.3, -0.25) is 0 Å². The van der Waals surface area contributed by atoms with Crippen LogP contribution in [0.5, 0.6) is 0 Å². The molecule has 6 heteroatoms. The van der Waals surface area contributed by atoms with Crippen LogP contribution in [-0.4, -0.2) is 39.8 Å². The van der Waals surface area contributed by atoms with E-state index in [1.54, 1.807) is 0 Å².